The fourth-order valence-electron chi connectivity index (χ4n) is 0. The first-order chi connectivity index (χ1) is 1.73. The zero-order valence-corrected chi connectivity index (χ0v) is 6.09. The summed E-state index contributed by atoms with van der Waals surface area (Å²) in [6, 6.07) is 0. The van der Waals surface area contributed by atoms with Crippen LogP contribution in [0.2, 0.25) is 0 Å². The Hall–Kier alpha value is 0.0431. The Kier molecular flexibility index (Phi) is 65.9. The SMILES string of the molecule is F.O=C([O-])[O-].[NH4+].[Zr]. The molecule has 0 atom stereocenters. The topological polar surface area (TPSA) is 99.7 Å². The average molecular weight is 189 g/mol. The summed E-state index contributed by atoms with van der Waals surface area (Å²) in [5.74, 6) is 0. The normalized spacial score (nSPS) is 3.43. The Balaban J connectivity index is -0.0000000150. The Morgan fingerprint density at radius 3 is 1.29 bits per heavy atom. The number of carboxylic acid groups (broad SMARTS) is 2. The van der Waals surface area contributed by atoms with Crippen molar-refractivity contribution in [1.29, 1.82) is 0 Å². The van der Waals surface area contributed by atoms with Crippen LogP contribution in [0.4, 0.5) is 9.50 Å². The van der Waals surface area contributed by atoms with Gasteiger partial charge in [0.2, 0.25) is 0 Å². The Labute approximate surface area is 58.6 Å². The second-order valence-corrected chi connectivity index (χ2v) is 0.250. The first-order valence-corrected chi connectivity index (χ1v) is 0.612. The van der Waals surface area contributed by atoms with Crippen molar-refractivity contribution in [3.63, 3.8) is 0 Å². The van der Waals surface area contributed by atoms with E-state index in [1.165, 1.54) is 0 Å². The summed E-state index contributed by atoms with van der Waals surface area (Å²) < 4.78 is 0. The number of carbonyl (C=O) groups excluding carboxylic acids is 1. The van der Waals surface area contributed by atoms with Gasteiger partial charge in [-0.05, 0) is 6.16 Å². The molecule has 0 aliphatic carbocycles. The third kappa shape index (κ3) is 53100. The van der Waals surface area contributed by atoms with E-state index < -0.39 is 6.16 Å². The van der Waals surface area contributed by atoms with Gasteiger partial charge in [0.1, 0.15) is 0 Å². The van der Waals surface area contributed by atoms with Crippen molar-refractivity contribution in [3.8, 4) is 0 Å². The monoisotopic (exact) mass is 188 g/mol. The Morgan fingerprint density at radius 1 is 1.29 bits per heavy atom. The molecule has 0 spiro atoms. The minimum Gasteiger partial charge on any atom is -0.652 e. The molecule has 0 amide bonds. The largest absolute Gasteiger partial charge is 0.652 e. The molecule has 4 N–H and O–H groups in total. The van der Waals surface area contributed by atoms with Crippen LogP contribution >= 0.6 is 0 Å². The van der Waals surface area contributed by atoms with E-state index in [0.29, 0.717) is 0 Å². The van der Waals surface area contributed by atoms with E-state index in [1.54, 1.807) is 0 Å². The average Bonchev–Trinajstić information content (AvgIpc) is 0.811. The molecule has 0 rings (SSSR count). The van der Waals surface area contributed by atoms with Crippen LogP contribution in [-0.4, -0.2) is 6.16 Å². The van der Waals surface area contributed by atoms with Gasteiger partial charge in [0, 0.05) is 26.2 Å². The molecule has 0 aromatic heterocycles. The summed E-state index contributed by atoms with van der Waals surface area (Å²) in [5, 5.41) is 16.7. The molecule has 6 heteroatoms. The molecule has 44 valence electrons. The van der Waals surface area contributed by atoms with Crippen LogP contribution in [0.15, 0.2) is 0 Å². The number of rotatable bonds is 0. The number of quaternary nitrogens is 1. The van der Waals surface area contributed by atoms with Crippen molar-refractivity contribution in [1.82, 2.24) is 6.15 Å². The Morgan fingerprint density at radius 2 is 1.29 bits per heavy atom. The molecule has 0 radical (unpaired) electrons. The standard InChI is InChI=1S/CH2O3.FH.H3N.Zr/c2-1(3)4;;;/h(H2,2,3,4);1H;1H3;/p-1. The summed E-state index contributed by atoms with van der Waals surface area (Å²) in [5.41, 5.74) is 0. The van der Waals surface area contributed by atoms with Gasteiger partial charge in [-0.2, -0.15) is 0 Å². The van der Waals surface area contributed by atoms with Gasteiger partial charge in [-0.3, -0.25) is 4.70 Å². The summed E-state index contributed by atoms with van der Waals surface area (Å²) in [6.45, 7) is 0. The van der Waals surface area contributed by atoms with Crippen molar-refractivity contribution in [2.24, 2.45) is 0 Å². The molecule has 0 fully saturated rings. The molecule has 0 saturated carbocycles. The van der Waals surface area contributed by atoms with Crippen LogP contribution in [0.1, 0.15) is 0 Å². The first kappa shape index (κ1) is 27.8. The summed E-state index contributed by atoms with van der Waals surface area (Å²) in [7, 11) is 0. The van der Waals surface area contributed by atoms with Crippen LogP contribution in [0, 0.1) is 0 Å². The summed E-state index contributed by atoms with van der Waals surface area (Å²) in [4.78, 5) is 8.33. The molecule has 0 saturated heterocycles. The third-order valence-electron chi connectivity index (χ3n) is 0. The summed E-state index contributed by atoms with van der Waals surface area (Å²) in [6.07, 6.45) is -2.33. The molecule has 0 aliphatic rings. The molecule has 0 aromatic carbocycles. The van der Waals surface area contributed by atoms with Gasteiger partial charge in [0.05, 0.1) is 0 Å². The van der Waals surface area contributed by atoms with E-state index in [-0.39, 0.29) is 37.1 Å². The zero-order valence-electron chi connectivity index (χ0n) is 3.63. The fourth-order valence-corrected chi connectivity index (χ4v) is 0. The molecule has 7 heavy (non-hydrogen) atoms. The van der Waals surface area contributed by atoms with E-state index in [2.05, 4.69) is 0 Å². The third-order valence-corrected chi connectivity index (χ3v) is 0. The van der Waals surface area contributed by atoms with Gasteiger partial charge in [0.15, 0.2) is 0 Å². The molecule has 4 nitrogen and oxygen atoms in total. The van der Waals surface area contributed by atoms with E-state index in [4.69, 9.17) is 15.0 Å². The quantitative estimate of drug-likeness (QED) is 0.480. The van der Waals surface area contributed by atoms with Crippen LogP contribution < -0.4 is 16.4 Å². The van der Waals surface area contributed by atoms with E-state index >= 15 is 0 Å². The molecule has 0 bridgehead atoms. The number of hydrogen-bond donors (Lipinski definition) is 1. The predicted molar refractivity (Wildman–Crippen MR) is 13.9 cm³/mol. The van der Waals surface area contributed by atoms with Gasteiger partial charge in [0.25, 0.3) is 0 Å². The molecular weight excluding hydrogens is 184 g/mol. The second kappa shape index (κ2) is 16.6. The van der Waals surface area contributed by atoms with E-state index in [0.717, 1.165) is 0 Å². The number of hydrogen-bond acceptors (Lipinski definition) is 3. The van der Waals surface area contributed by atoms with Gasteiger partial charge in [-0.15, -0.1) is 0 Å². The van der Waals surface area contributed by atoms with Crippen molar-refractivity contribution in [2.75, 3.05) is 0 Å². The number of halogens is 1. The Bertz CT molecular complexity index is 37.9. The van der Waals surface area contributed by atoms with E-state index in [9.17, 15) is 0 Å². The van der Waals surface area contributed by atoms with Crippen LogP contribution in [0.25, 0.3) is 0 Å². The molecular formula is CH5FNO3Zr-. The van der Waals surface area contributed by atoms with Crippen molar-refractivity contribution in [2.45, 2.75) is 0 Å². The molecule has 0 aliphatic heterocycles. The van der Waals surface area contributed by atoms with Crippen molar-refractivity contribution < 1.29 is 45.9 Å². The maximum Gasteiger partial charge on any atom is 0 e. The first-order valence-electron chi connectivity index (χ1n) is 0.612. The summed E-state index contributed by atoms with van der Waals surface area (Å²) >= 11 is 0. The maximum atomic E-state index is 8.33. The van der Waals surface area contributed by atoms with Gasteiger partial charge in [-0.1, -0.05) is 0 Å². The minimum absolute atomic E-state index is 0. The fraction of sp³-hybridized carbons (Fsp3) is 0. The molecule has 0 aromatic rings. The number of carbonyl (C=O) groups is 1. The van der Waals surface area contributed by atoms with Crippen molar-refractivity contribution >= 4 is 6.16 Å². The van der Waals surface area contributed by atoms with Crippen LogP contribution in [-0.2, 0) is 26.2 Å². The second-order valence-electron chi connectivity index (χ2n) is 0.250. The smallest absolute Gasteiger partial charge is 0 e. The molecule has 0 unspecified atom stereocenters. The van der Waals surface area contributed by atoms with E-state index in [1.807, 2.05) is 0 Å². The van der Waals surface area contributed by atoms with Gasteiger partial charge < -0.3 is 21.2 Å². The van der Waals surface area contributed by atoms with Crippen LogP contribution in [0.3, 0.4) is 0 Å². The van der Waals surface area contributed by atoms with Crippen LogP contribution in [0.5, 0.6) is 0 Å². The zero-order chi connectivity index (χ0) is 3.58. The van der Waals surface area contributed by atoms with Gasteiger partial charge in [-0.25, -0.2) is 0 Å². The minimum atomic E-state index is -2.33. The molecule has 0 heterocycles. The predicted octanol–water partition coefficient (Wildman–Crippen LogP) is -1.92. The van der Waals surface area contributed by atoms with Gasteiger partial charge >= 0.3 is 0 Å². The maximum absolute atomic E-state index is 8.33. The van der Waals surface area contributed by atoms with Crippen molar-refractivity contribution in [3.05, 3.63) is 0 Å².